The first-order valence-corrected chi connectivity index (χ1v) is 8.80. The molecule has 2 aromatic rings. The maximum absolute atomic E-state index is 13.1. The summed E-state index contributed by atoms with van der Waals surface area (Å²) in [4.78, 5) is 22.4. The van der Waals surface area contributed by atoms with Gasteiger partial charge in [-0.1, -0.05) is 12.1 Å². The van der Waals surface area contributed by atoms with E-state index in [9.17, 15) is 4.79 Å². The summed E-state index contributed by atoms with van der Waals surface area (Å²) in [6.45, 7) is 2.38. The molecule has 126 valence electrons. The number of carbonyl (C=O) groups excluding carboxylic acids is 1. The van der Waals surface area contributed by atoms with Crippen LogP contribution in [0.25, 0.3) is 11.4 Å². The van der Waals surface area contributed by atoms with Gasteiger partial charge in [-0.3, -0.25) is 4.79 Å². The zero-order valence-electron chi connectivity index (χ0n) is 13.8. The molecular formula is C19H23N3O2. The van der Waals surface area contributed by atoms with Gasteiger partial charge in [0.05, 0.1) is 6.10 Å². The number of aromatic amines is 1. The molecule has 1 amide bonds. The number of ether oxygens (including phenoxy) is 1. The number of H-pyrrole nitrogens is 1. The van der Waals surface area contributed by atoms with E-state index in [-0.39, 0.29) is 12.0 Å². The Labute approximate surface area is 142 Å². The summed E-state index contributed by atoms with van der Waals surface area (Å²) >= 11 is 0. The van der Waals surface area contributed by atoms with Crippen molar-refractivity contribution in [3.05, 3.63) is 42.2 Å². The van der Waals surface area contributed by atoms with Gasteiger partial charge in [0.1, 0.15) is 5.82 Å². The SMILES string of the molecule is O=C(c1cccc(-c2ncc[nH]2)c1)N(CC1CC1)C[C@H]1CCCO1. The van der Waals surface area contributed by atoms with Gasteiger partial charge in [0.25, 0.3) is 5.91 Å². The Morgan fingerprint density at radius 1 is 1.29 bits per heavy atom. The summed E-state index contributed by atoms with van der Waals surface area (Å²) in [6.07, 6.45) is 8.34. The average Bonchev–Trinajstić information content (AvgIpc) is 3.07. The molecule has 1 aromatic heterocycles. The smallest absolute Gasteiger partial charge is 0.253 e. The molecule has 1 aliphatic carbocycles. The largest absolute Gasteiger partial charge is 0.376 e. The molecular weight excluding hydrogens is 302 g/mol. The molecule has 1 saturated carbocycles. The molecule has 1 N–H and O–H groups in total. The summed E-state index contributed by atoms with van der Waals surface area (Å²) in [5, 5.41) is 0. The van der Waals surface area contributed by atoms with E-state index in [2.05, 4.69) is 9.97 Å². The predicted molar refractivity (Wildman–Crippen MR) is 91.6 cm³/mol. The molecule has 1 aromatic carbocycles. The van der Waals surface area contributed by atoms with E-state index in [1.54, 1.807) is 12.4 Å². The lowest BCUT2D eigenvalue weighted by Gasteiger charge is -2.25. The van der Waals surface area contributed by atoms with E-state index in [0.717, 1.165) is 42.9 Å². The van der Waals surface area contributed by atoms with Crippen molar-refractivity contribution in [3.63, 3.8) is 0 Å². The molecule has 0 radical (unpaired) electrons. The fraction of sp³-hybridized carbons (Fsp3) is 0.474. The minimum Gasteiger partial charge on any atom is -0.376 e. The molecule has 4 rings (SSSR count). The van der Waals surface area contributed by atoms with Crippen LogP contribution in [0.15, 0.2) is 36.7 Å². The number of amides is 1. The Balaban J connectivity index is 1.53. The van der Waals surface area contributed by atoms with Crippen LogP contribution in [0.4, 0.5) is 0 Å². The van der Waals surface area contributed by atoms with Gasteiger partial charge in [-0.05, 0) is 43.7 Å². The van der Waals surface area contributed by atoms with Gasteiger partial charge in [0, 0.05) is 43.2 Å². The highest BCUT2D eigenvalue weighted by molar-refractivity contribution is 5.95. The fourth-order valence-electron chi connectivity index (χ4n) is 3.29. The highest BCUT2D eigenvalue weighted by Crippen LogP contribution is 2.31. The second-order valence-electron chi connectivity index (χ2n) is 6.81. The molecule has 2 aliphatic rings. The lowest BCUT2D eigenvalue weighted by molar-refractivity contribution is 0.0515. The number of nitrogens with one attached hydrogen (secondary N) is 1. The molecule has 2 fully saturated rings. The van der Waals surface area contributed by atoms with Gasteiger partial charge in [-0.2, -0.15) is 0 Å². The van der Waals surface area contributed by atoms with Crippen LogP contribution in [-0.2, 0) is 4.74 Å². The number of carbonyl (C=O) groups is 1. The molecule has 0 unspecified atom stereocenters. The molecule has 0 spiro atoms. The van der Waals surface area contributed by atoms with Crippen LogP contribution in [-0.4, -0.2) is 46.6 Å². The van der Waals surface area contributed by atoms with Crippen molar-refractivity contribution in [3.8, 4) is 11.4 Å². The highest BCUT2D eigenvalue weighted by atomic mass is 16.5. The Hall–Kier alpha value is -2.14. The summed E-state index contributed by atoms with van der Waals surface area (Å²) in [5.41, 5.74) is 1.66. The van der Waals surface area contributed by atoms with Crippen LogP contribution in [0.2, 0.25) is 0 Å². The number of hydrogen-bond donors (Lipinski definition) is 1. The molecule has 24 heavy (non-hydrogen) atoms. The summed E-state index contributed by atoms with van der Waals surface area (Å²) in [7, 11) is 0. The fourth-order valence-corrected chi connectivity index (χ4v) is 3.29. The lowest BCUT2D eigenvalue weighted by atomic mass is 10.1. The van der Waals surface area contributed by atoms with Crippen LogP contribution < -0.4 is 0 Å². The van der Waals surface area contributed by atoms with E-state index < -0.39 is 0 Å². The van der Waals surface area contributed by atoms with Gasteiger partial charge >= 0.3 is 0 Å². The molecule has 1 aliphatic heterocycles. The second kappa shape index (κ2) is 6.77. The molecule has 1 saturated heterocycles. The third kappa shape index (κ3) is 3.51. The van der Waals surface area contributed by atoms with Gasteiger partial charge < -0.3 is 14.6 Å². The maximum Gasteiger partial charge on any atom is 0.253 e. The van der Waals surface area contributed by atoms with Crippen molar-refractivity contribution < 1.29 is 9.53 Å². The predicted octanol–water partition coefficient (Wildman–Crippen LogP) is 3.11. The summed E-state index contributed by atoms with van der Waals surface area (Å²) in [6, 6.07) is 7.72. The van der Waals surface area contributed by atoms with Crippen molar-refractivity contribution in [2.45, 2.75) is 31.8 Å². The zero-order valence-corrected chi connectivity index (χ0v) is 13.8. The summed E-state index contributed by atoms with van der Waals surface area (Å²) in [5.74, 6) is 1.56. The Kier molecular flexibility index (Phi) is 4.34. The lowest BCUT2D eigenvalue weighted by Crippen LogP contribution is -2.38. The Morgan fingerprint density at radius 3 is 2.92 bits per heavy atom. The van der Waals surface area contributed by atoms with Gasteiger partial charge in [0.15, 0.2) is 0 Å². The maximum atomic E-state index is 13.1. The number of aromatic nitrogens is 2. The third-order valence-corrected chi connectivity index (χ3v) is 4.79. The third-order valence-electron chi connectivity index (χ3n) is 4.79. The Morgan fingerprint density at radius 2 is 2.21 bits per heavy atom. The number of imidazole rings is 1. The first-order chi connectivity index (χ1) is 11.8. The van der Waals surface area contributed by atoms with Crippen molar-refractivity contribution >= 4 is 5.91 Å². The minimum atomic E-state index is 0.103. The number of hydrogen-bond acceptors (Lipinski definition) is 3. The van der Waals surface area contributed by atoms with Crippen LogP contribution in [0.3, 0.4) is 0 Å². The van der Waals surface area contributed by atoms with Crippen molar-refractivity contribution in [2.75, 3.05) is 19.7 Å². The standard InChI is InChI=1S/C19H23N3O2/c23-19(16-4-1-3-15(11-16)18-20-8-9-21-18)22(12-14-6-7-14)13-17-5-2-10-24-17/h1,3-4,8-9,11,14,17H,2,5-7,10,12-13H2,(H,20,21)/t17-/m1/s1. The first kappa shape index (κ1) is 15.4. The van der Waals surface area contributed by atoms with E-state index in [0.29, 0.717) is 12.5 Å². The monoisotopic (exact) mass is 325 g/mol. The van der Waals surface area contributed by atoms with Crippen molar-refractivity contribution in [1.29, 1.82) is 0 Å². The van der Waals surface area contributed by atoms with Crippen molar-refractivity contribution in [1.82, 2.24) is 14.9 Å². The summed E-state index contributed by atoms with van der Waals surface area (Å²) < 4.78 is 5.75. The molecule has 1 atom stereocenters. The Bertz CT molecular complexity index is 688. The van der Waals surface area contributed by atoms with E-state index >= 15 is 0 Å². The van der Waals surface area contributed by atoms with Gasteiger partial charge in [-0.25, -0.2) is 4.98 Å². The number of rotatable bonds is 6. The minimum absolute atomic E-state index is 0.103. The van der Waals surface area contributed by atoms with E-state index in [1.807, 2.05) is 29.2 Å². The van der Waals surface area contributed by atoms with Crippen molar-refractivity contribution in [2.24, 2.45) is 5.92 Å². The topological polar surface area (TPSA) is 58.2 Å². The average molecular weight is 325 g/mol. The van der Waals surface area contributed by atoms with Gasteiger partial charge in [0.2, 0.25) is 0 Å². The van der Waals surface area contributed by atoms with E-state index in [1.165, 1.54) is 12.8 Å². The first-order valence-electron chi connectivity index (χ1n) is 8.80. The van der Waals surface area contributed by atoms with Crippen LogP contribution in [0.1, 0.15) is 36.0 Å². The zero-order chi connectivity index (χ0) is 16.4. The molecule has 5 nitrogen and oxygen atoms in total. The molecule has 0 bridgehead atoms. The van der Waals surface area contributed by atoms with Crippen LogP contribution >= 0.6 is 0 Å². The number of nitrogens with zero attached hydrogens (tertiary/aromatic N) is 2. The van der Waals surface area contributed by atoms with E-state index in [4.69, 9.17) is 4.74 Å². The molecule has 5 heteroatoms. The second-order valence-corrected chi connectivity index (χ2v) is 6.81. The normalized spacial score (nSPS) is 20.2. The number of benzene rings is 1. The van der Waals surface area contributed by atoms with Crippen LogP contribution in [0.5, 0.6) is 0 Å². The van der Waals surface area contributed by atoms with Crippen LogP contribution in [0, 0.1) is 5.92 Å². The van der Waals surface area contributed by atoms with Gasteiger partial charge in [-0.15, -0.1) is 0 Å². The highest BCUT2D eigenvalue weighted by Gasteiger charge is 2.30. The quantitative estimate of drug-likeness (QED) is 0.888. The molecule has 2 heterocycles.